The van der Waals surface area contributed by atoms with E-state index < -0.39 is 0 Å². The lowest BCUT2D eigenvalue weighted by Gasteiger charge is -2.27. The third kappa shape index (κ3) is 4.56. The van der Waals surface area contributed by atoms with E-state index >= 15 is 0 Å². The third-order valence-corrected chi connectivity index (χ3v) is 3.41. The highest BCUT2D eigenvalue weighted by Crippen LogP contribution is 2.34. The van der Waals surface area contributed by atoms with Crippen LogP contribution in [0, 0.1) is 11.3 Å². The molecule has 0 aliphatic heterocycles. The summed E-state index contributed by atoms with van der Waals surface area (Å²) in [5.41, 5.74) is -0.0579. The Morgan fingerprint density at radius 3 is 2.40 bits per heavy atom. The lowest BCUT2D eigenvalue weighted by molar-refractivity contribution is -0.0203. The highest BCUT2D eigenvalue weighted by atomic mass is 16.5. The molecule has 0 fully saturated rings. The first-order valence-electron chi connectivity index (χ1n) is 7.40. The van der Waals surface area contributed by atoms with Gasteiger partial charge < -0.3 is 14.6 Å². The van der Waals surface area contributed by atoms with Gasteiger partial charge in [0, 0.05) is 19.1 Å². The van der Waals surface area contributed by atoms with Crippen molar-refractivity contribution in [3.05, 3.63) is 11.7 Å². The van der Waals surface area contributed by atoms with Crippen LogP contribution in [0.3, 0.4) is 0 Å². The standard InChI is InChI=1S/C15H29N3O2/c1-8-19-13(15(4,5)6)14-17-12(20-18-14)9-11(16-7)10(2)3/h10-11,13,16H,8-9H2,1-7H3. The molecule has 0 aliphatic carbocycles. The Morgan fingerprint density at radius 2 is 1.95 bits per heavy atom. The number of ether oxygens (including phenoxy) is 1. The van der Waals surface area contributed by atoms with Gasteiger partial charge >= 0.3 is 0 Å². The van der Waals surface area contributed by atoms with Crippen molar-refractivity contribution in [1.29, 1.82) is 0 Å². The van der Waals surface area contributed by atoms with Crippen LogP contribution in [0.2, 0.25) is 0 Å². The molecule has 2 atom stereocenters. The van der Waals surface area contributed by atoms with Gasteiger partial charge in [0.05, 0.1) is 0 Å². The first kappa shape index (κ1) is 17.1. The van der Waals surface area contributed by atoms with Gasteiger partial charge in [0.25, 0.3) is 0 Å². The molecule has 1 rings (SSSR count). The van der Waals surface area contributed by atoms with Crippen molar-refractivity contribution < 1.29 is 9.26 Å². The lowest BCUT2D eigenvalue weighted by atomic mass is 9.88. The normalized spacial score (nSPS) is 15.6. The molecule has 0 aliphatic rings. The molecule has 1 heterocycles. The van der Waals surface area contributed by atoms with E-state index in [0.29, 0.717) is 30.3 Å². The van der Waals surface area contributed by atoms with Crippen LogP contribution >= 0.6 is 0 Å². The number of rotatable bonds is 7. The zero-order valence-corrected chi connectivity index (χ0v) is 13.9. The fraction of sp³-hybridized carbons (Fsp3) is 0.867. The van der Waals surface area contributed by atoms with Crippen LogP contribution in [0.1, 0.15) is 59.4 Å². The fourth-order valence-electron chi connectivity index (χ4n) is 2.20. The average molecular weight is 283 g/mol. The van der Waals surface area contributed by atoms with Crippen molar-refractivity contribution in [3.63, 3.8) is 0 Å². The summed E-state index contributed by atoms with van der Waals surface area (Å²) in [5.74, 6) is 1.83. The van der Waals surface area contributed by atoms with Crippen LogP contribution in [0.15, 0.2) is 4.52 Å². The number of nitrogens with one attached hydrogen (secondary N) is 1. The predicted molar refractivity (Wildman–Crippen MR) is 79.5 cm³/mol. The monoisotopic (exact) mass is 283 g/mol. The predicted octanol–water partition coefficient (Wildman–Crippen LogP) is 2.98. The van der Waals surface area contributed by atoms with Crippen LogP contribution in [-0.4, -0.2) is 29.8 Å². The molecule has 5 heteroatoms. The molecule has 1 aromatic heterocycles. The molecule has 0 spiro atoms. The molecule has 0 radical (unpaired) electrons. The number of nitrogens with zero attached hydrogens (tertiary/aromatic N) is 2. The van der Waals surface area contributed by atoms with Gasteiger partial charge in [0.15, 0.2) is 0 Å². The summed E-state index contributed by atoms with van der Waals surface area (Å²) in [6, 6.07) is 0.337. The van der Waals surface area contributed by atoms with E-state index in [9.17, 15) is 0 Å². The maximum Gasteiger partial charge on any atom is 0.228 e. The fourth-order valence-corrected chi connectivity index (χ4v) is 2.20. The quantitative estimate of drug-likeness (QED) is 0.833. The van der Waals surface area contributed by atoms with Gasteiger partial charge in [-0.25, -0.2) is 0 Å². The minimum atomic E-state index is -0.142. The number of aromatic nitrogens is 2. The molecule has 0 aromatic carbocycles. The maximum atomic E-state index is 5.78. The highest BCUT2D eigenvalue weighted by Gasteiger charge is 2.31. The summed E-state index contributed by atoms with van der Waals surface area (Å²) >= 11 is 0. The van der Waals surface area contributed by atoms with Gasteiger partial charge in [-0.15, -0.1) is 0 Å². The van der Waals surface area contributed by atoms with Crippen LogP contribution in [0.5, 0.6) is 0 Å². The van der Waals surface area contributed by atoms with Crippen LogP contribution in [0.25, 0.3) is 0 Å². The van der Waals surface area contributed by atoms with Crippen molar-refractivity contribution in [2.45, 2.75) is 60.1 Å². The summed E-state index contributed by atoms with van der Waals surface area (Å²) in [4.78, 5) is 4.52. The zero-order valence-electron chi connectivity index (χ0n) is 13.9. The molecular weight excluding hydrogens is 254 g/mol. The molecule has 0 amide bonds. The minimum Gasteiger partial charge on any atom is -0.370 e. The largest absolute Gasteiger partial charge is 0.370 e. The van der Waals surface area contributed by atoms with E-state index in [1.807, 2.05) is 14.0 Å². The maximum absolute atomic E-state index is 5.78. The minimum absolute atomic E-state index is 0.0579. The van der Waals surface area contributed by atoms with E-state index in [0.717, 1.165) is 6.42 Å². The van der Waals surface area contributed by atoms with E-state index in [2.05, 4.69) is 50.1 Å². The molecular formula is C15H29N3O2. The van der Waals surface area contributed by atoms with Gasteiger partial charge in [0.2, 0.25) is 11.7 Å². The topological polar surface area (TPSA) is 60.2 Å². The van der Waals surface area contributed by atoms with Crippen molar-refractivity contribution in [2.75, 3.05) is 13.7 Å². The van der Waals surface area contributed by atoms with Crippen LogP contribution in [0.4, 0.5) is 0 Å². The van der Waals surface area contributed by atoms with Crippen molar-refractivity contribution in [2.24, 2.45) is 11.3 Å². The number of hydrogen-bond donors (Lipinski definition) is 1. The van der Waals surface area contributed by atoms with Crippen molar-refractivity contribution >= 4 is 0 Å². The number of likely N-dealkylation sites (N-methyl/N-ethyl adjacent to an activating group) is 1. The van der Waals surface area contributed by atoms with Crippen molar-refractivity contribution in [3.8, 4) is 0 Å². The Bertz CT molecular complexity index is 396. The Kier molecular flexibility index (Phi) is 6.14. The highest BCUT2D eigenvalue weighted by molar-refractivity contribution is 4.98. The van der Waals surface area contributed by atoms with E-state index in [1.54, 1.807) is 0 Å². The molecule has 116 valence electrons. The van der Waals surface area contributed by atoms with Crippen LogP contribution < -0.4 is 5.32 Å². The van der Waals surface area contributed by atoms with Crippen molar-refractivity contribution in [1.82, 2.24) is 15.5 Å². The summed E-state index contributed by atoms with van der Waals surface area (Å²) in [7, 11) is 1.96. The van der Waals surface area contributed by atoms with Gasteiger partial charge in [-0.05, 0) is 25.3 Å². The van der Waals surface area contributed by atoms with Gasteiger partial charge in [-0.3, -0.25) is 0 Å². The summed E-state index contributed by atoms with van der Waals surface area (Å²) in [5, 5.41) is 7.39. The summed E-state index contributed by atoms with van der Waals surface area (Å²) in [6.07, 6.45) is 0.599. The smallest absolute Gasteiger partial charge is 0.228 e. The second-order valence-electron chi connectivity index (χ2n) is 6.59. The lowest BCUT2D eigenvalue weighted by Crippen LogP contribution is -2.32. The van der Waals surface area contributed by atoms with E-state index in [1.165, 1.54) is 0 Å². The Hall–Kier alpha value is -0.940. The molecule has 0 saturated heterocycles. The molecule has 20 heavy (non-hydrogen) atoms. The average Bonchev–Trinajstić information content (AvgIpc) is 2.79. The first-order chi connectivity index (χ1) is 9.29. The summed E-state index contributed by atoms with van der Waals surface area (Å²) in [6.45, 7) is 13.3. The Balaban J connectivity index is 2.84. The SMILES string of the molecule is CCOC(c1noc(CC(NC)C(C)C)n1)C(C)(C)C. The summed E-state index contributed by atoms with van der Waals surface area (Å²) < 4.78 is 11.2. The molecule has 0 saturated carbocycles. The molecule has 2 unspecified atom stereocenters. The second kappa shape index (κ2) is 7.18. The second-order valence-corrected chi connectivity index (χ2v) is 6.59. The Morgan fingerprint density at radius 1 is 1.30 bits per heavy atom. The van der Waals surface area contributed by atoms with Gasteiger partial charge in [-0.2, -0.15) is 4.98 Å². The Labute approximate surface area is 122 Å². The molecule has 5 nitrogen and oxygen atoms in total. The van der Waals surface area contributed by atoms with Gasteiger partial charge in [-0.1, -0.05) is 39.8 Å². The van der Waals surface area contributed by atoms with Gasteiger partial charge in [0.1, 0.15) is 6.10 Å². The van der Waals surface area contributed by atoms with E-state index in [-0.39, 0.29) is 11.5 Å². The molecule has 1 N–H and O–H groups in total. The molecule has 1 aromatic rings. The molecule has 0 bridgehead atoms. The van der Waals surface area contributed by atoms with E-state index in [4.69, 9.17) is 9.26 Å². The number of hydrogen-bond acceptors (Lipinski definition) is 5. The first-order valence-corrected chi connectivity index (χ1v) is 7.40. The zero-order chi connectivity index (χ0) is 15.3. The van der Waals surface area contributed by atoms with Crippen LogP contribution in [-0.2, 0) is 11.2 Å². The third-order valence-electron chi connectivity index (χ3n) is 3.41.